The highest BCUT2D eigenvalue weighted by Gasteiger charge is 2.18. The summed E-state index contributed by atoms with van der Waals surface area (Å²) in [5, 5.41) is 0. The van der Waals surface area contributed by atoms with Crippen molar-refractivity contribution in [1.82, 2.24) is 0 Å². The average molecular weight is 447 g/mol. The molecule has 32 heavy (non-hydrogen) atoms. The second-order valence-electron chi connectivity index (χ2n) is 9.33. The molecule has 1 aromatic rings. The molecule has 0 aliphatic rings. The predicted molar refractivity (Wildman–Crippen MR) is 132 cm³/mol. The molecule has 0 saturated heterocycles. The minimum atomic E-state index is -0.254. The number of carbonyl (C=O) groups excluding carboxylic acids is 2. The van der Waals surface area contributed by atoms with Crippen LogP contribution in [0.5, 0.6) is 11.5 Å². The van der Waals surface area contributed by atoms with E-state index in [2.05, 4.69) is 27.7 Å². The van der Waals surface area contributed by atoms with Crippen LogP contribution in [0.3, 0.4) is 0 Å². The van der Waals surface area contributed by atoms with Crippen LogP contribution in [-0.2, 0) is 16.0 Å². The Labute approximate surface area is 196 Å². The van der Waals surface area contributed by atoms with E-state index in [1.165, 1.54) is 38.5 Å². The van der Waals surface area contributed by atoms with Crippen LogP contribution in [0.25, 0.3) is 0 Å². The van der Waals surface area contributed by atoms with E-state index in [1.54, 1.807) is 6.07 Å². The molecular weight excluding hydrogens is 400 g/mol. The molecule has 0 heterocycles. The van der Waals surface area contributed by atoms with Gasteiger partial charge in [0.1, 0.15) is 0 Å². The number of unbranched alkanes of at least 4 members (excludes halogenated alkanes) is 10. The molecule has 0 radical (unpaired) electrons. The standard InChI is InChI=1S/C28H46O4/c1-5-7-9-11-13-15-20-26(29)31-25-19-17-18-24(22-23(3)4)28(25)32-27(30)21-16-14-12-10-8-6-2/h17-19,23H,5-16,20-22H2,1-4H3. The van der Waals surface area contributed by atoms with Crippen LogP contribution in [0.15, 0.2) is 18.2 Å². The first-order chi connectivity index (χ1) is 15.5. The first-order valence-corrected chi connectivity index (χ1v) is 13.0. The van der Waals surface area contributed by atoms with E-state index in [9.17, 15) is 9.59 Å². The molecule has 0 fully saturated rings. The molecule has 182 valence electrons. The Morgan fingerprint density at radius 2 is 1.22 bits per heavy atom. The maximum atomic E-state index is 12.5. The highest BCUT2D eigenvalue weighted by molar-refractivity contribution is 5.76. The lowest BCUT2D eigenvalue weighted by Gasteiger charge is -2.16. The topological polar surface area (TPSA) is 52.6 Å². The van der Waals surface area contributed by atoms with Gasteiger partial charge in [0.05, 0.1) is 0 Å². The summed E-state index contributed by atoms with van der Waals surface area (Å²) in [5.74, 6) is 0.698. The summed E-state index contributed by atoms with van der Waals surface area (Å²) in [6.45, 7) is 8.64. The fourth-order valence-electron chi connectivity index (χ4n) is 3.80. The third-order valence-electron chi connectivity index (χ3n) is 5.60. The second-order valence-corrected chi connectivity index (χ2v) is 9.33. The SMILES string of the molecule is CCCCCCCCC(=O)Oc1cccc(CC(C)C)c1OC(=O)CCCCCCCC. The van der Waals surface area contributed by atoms with Gasteiger partial charge >= 0.3 is 11.9 Å². The summed E-state index contributed by atoms with van der Waals surface area (Å²) in [5.41, 5.74) is 0.918. The van der Waals surface area contributed by atoms with Crippen molar-refractivity contribution in [1.29, 1.82) is 0 Å². The fourth-order valence-corrected chi connectivity index (χ4v) is 3.80. The quantitative estimate of drug-likeness (QED) is 0.129. The molecular formula is C28H46O4. The van der Waals surface area contributed by atoms with E-state index in [-0.39, 0.29) is 11.9 Å². The van der Waals surface area contributed by atoms with E-state index in [0.717, 1.165) is 50.5 Å². The van der Waals surface area contributed by atoms with Gasteiger partial charge in [0, 0.05) is 12.8 Å². The first-order valence-electron chi connectivity index (χ1n) is 13.0. The van der Waals surface area contributed by atoms with Gasteiger partial charge in [-0.3, -0.25) is 9.59 Å². The van der Waals surface area contributed by atoms with Crippen molar-refractivity contribution in [2.75, 3.05) is 0 Å². The van der Waals surface area contributed by atoms with E-state index in [0.29, 0.717) is 30.3 Å². The van der Waals surface area contributed by atoms with Crippen molar-refractivity contribution < 1.29 is 19.1 Å². The highest BCUT2D eigenvalue weighted by atomic mass is 16.6. The molecule has 0 spiro atoms. The smallest absolute Gasteiger partial charge is 0.311 e. The summed E-state index contributed by atoms with van der Waals surface area (Å²) in [6.07, 6.45) is 15.0. The van der Waals surface area contributed by atoms with Gasteiger partial charge in [-0.05, 0) is 36.8 Å². The Bertz CT molecular complexity index is 651. The first kappa shape index (κ1) is 28.2. The average Bonchev–Trinajstić information content (AvgIpc) is 2.75. The number of ether oxygens (including phenoxy) is 2. The third kappa shape index (κ3) is 12.9. The minimum absolute atomic E-state index is 0.245. The Morgan fingerprint density at radius 3 is 1.75 bits per heavy atom. The maximum Gasteiger partial charge on any atom is 0.311 e. The van der Waals surface area contributed by atoms with Gasteiger partial charge in [-0.2, -0.15) is 0 Å². The van der Waals surface area contributed by atoms with Gasteiger partial charge in [0.25, 0.3) is 0 Å². The van der Waals surface area contributed by atoms with Crippen molar-refractivity contribution in [2.24, 2.45) is 5.92 Å². The minimum Gasteiger partial charge on any atom is -0.423 e. The Morgan fingerprint density at radius 1 is 0.719 bits per heavy atom. The van der Waals surface area contributed by atoms with Crippen LogP contribution < -0.4 is 9.47 Å². The lowest BCUT2D eigenvalue weighted by molar-refractivity contribution is -0.137. The molecule has 0 aliphatic heterocycles. The van der Waals surface area contributed by atoms with Crippen molar-refractivity contribution in [3.05, 3.63) is 23.8 Å². The van der Waals surface area contributed by atoms with Gasteiger partial charge in [-0.1, -0.05) is 104 Å². The number of hydrogen-bond donors (Lipinski definition) is 0. The van der Waals surface area contributed by atoms with Crippen LogP contribution in [0, 0.1) is 5.92 Å². The number of para-hydroxylation sites is 1. The Balaban J connectivity index is 2.66. The largest absolute Gasteiger partial charge is 0.423 e. The number of hydrogen-bond acceptors (Lipinski definition) is 4. The van der Waals surface area contributed by atoms with Gasteiger partial charge in [-0.15, -0.1) is 0 Å². The van der Waals surface area contributed by atoms with E-state index in [1.807, 2.05) is 12.1 Å². The zero-order valence-corrected chi connectivity index (χ0v) is 21.0. The lowest BCUT2D eigenvalue weighted by Crippen LogP contribution is -2.14. The summed E-state index contributed by atoms with van der Waals surface area (Å²) < 4.78 is 11.4. The van der Waals surface area contributed by atoms with Crippen LogP contribution in [0.4, 0.5) is 0 Å². The third-order valence-corrected chi connectivity index (χ3v) is 5.60. The summed E-state index contributed by atoms with van der Waals surface area (Å²) in [7, 11) is 0. The lowest BCUT2D eigenvalue weighted by atomic mass is 10.0. The van der Waals surface area contributed by atoms with Crippen LogP contribution >= 0.6 is 0 Å². The zero-order valence-electron chi connectivity index (χ0n) is 21.0. The molecule has 0 N–H and O–H groups in total. The van der Waals surface area contributed by atoms with E-state index >= 15 is 0 Å². The Kier molecular flexibility index (Phi) is 15.6. The van der Waals surface area contributed by atoms with Crippen LogP contribution in [-0.4, -0.2) is 11.9 Å². The number of carbonyl (C=O) groups is 2. The van der Waals surface area contributed by atoms with E-state index < -0.39 is 0 Å². The van der Waals surface area contributed by atoms with Gasteiger partial charge in [-0.25, -0.2) is 0 Å². The number of esters is 2. The summed E-state index contributed by atoms with van der Waals surface area (Å²) in [6, 6.07) is 5.56. The molecule has 0 aliphatic carbocycles. The molecule has 4 heteroatoms. The molecule has 1 aromatic carbocycles. The zero-order chi connectivity index (χ0) is 23.6. The number of benzene rings is 1. The van der Waals surface area contributed by atoms with Gasteiger partial charge in [0.2, 0.25) is 0 Å². The normalized spacial score (nSPS) is 11.0. The molecule has 1 rings (SSSR count). The van der Waals surface area contributed by atoms with Crippen molar-refractivity contribution >= 4 is 11.9 Å². The summed E-state index contributed by atoms with van der Waals surface area (Å²) >= 11 is 0. The molecule has 0 unspecified atom stereocenters. The van der Waals surface area contributed by atoms with Crippen LogP contribution in [0.1, 0.15) is 123 Å². The van der Waals surface area contributed by atoms with Crippen molar-refractivity contribution in [3.63, 3.8) is 0 Å². The molecule has 0 amide bonds. The maximum absolute atomic E-state index is 12.5. The molecule has 0 atom stereocenters. The Hall–Kier alpha value is -1.84. The second kappa shape index (κ2) is 17.7. The molecule has 0 saturated carbocycles. The van der Waals surface area contributed by atoms with Crippen LogP contribution in [0.2, 0.25) is 0 Å². The predicted octanol–water partition coefficient (Wildman–Crippen LogP) is 8.20. The van der Waals surface area contributed by atoms with E-state index in [4.69, 9.17) is 9.47 Å². The summed E-state index contributed by atoms with van der Waals surface area (Å²) in [4.78, 5) is 24.9. The molecule has 0 bridgehead atoms. The van der Waals surface area contributed by atoms with Gasteiger partial charge in [0.15, 0.2) is 11.5 Å². The fraction of sp³-hybridized carbons (Fsp3) is 0.714. The molecule has 0 aromatic heterocycles. The monoisotopic (exact) mass is 446 g/mol. The van der Waals surface area contributed by atoms with Crippen molar-refractivity contribution in [2.45, 2.75) is 124 Å². The highest BCUT2D eigenvalue weighted by Crippen LogP contribution is 2.34. The number of rotatable bonds is 18. The molecule has 4 nitrogen and oxygen atoms in total. The van der Waals surface area contributed by atoms with Gasteiger partial charge < -0.3 is 9.47 Å². The van der Waals surface area contributed by atoms with Crippen molar-refractivity contribution in [3.8, 4) is 11.5 Å².